The summed E-state index contributed by atoms with van der Waals surface area (Å²) in [4.78, 5) is 28.8. The normalized spacial score (nSPS) is 10.8. The highest BCUT2D eigenvalue weighted by molar-refractivity contribution is 6.32. The first kappa shape index (κ1) is 20.6. The molecular formula is C24H19ClN2O4. The molecule has 1 aromatic heterocycles. The number of benzene rings is 3. The van der Waals surface area contributed by atoms with Crippen LogP contribution in [0.15, 0.2) is 69.9 Å². The molecular weight excluding hydrogens is 416 g/mol. The van der Waals surface area contributed by atoms with Crippen LogP contribution in [0.1, 0.15) is 11.1 Å². The summed E-state index contributed by atoms with van der Waals surface area (Å²) in [5.41, 5.74) is 3.12. The zero-order valence-corrected chi connectivity index (χ0v) is 17.7. The summed E-state index contributed by atoms with van der Waals surface area (Å²) in [6.45, 7) is 3.63. The van der Waals surface area contributed by atoms with E-state index in [-0.39, 0.29) is 18.4 Å². The van der Waals surface area contributed by atoms with E-state index in [1.807, 2.05) is 19.9 Å². The number of nitrogens with zero attached hydrogens (tertiary/aromatic N) is 1. The topological polar surface area (TPSA) is 81.4 Å². The minimum Gasteiger partial charge on any atom is -0.484 e. The first-order chi connectivity index (χ1) is 14.9. The number of amides is 1. The standard InChI is InChI=1S/C24H19ClN2O4/c1-14-11-18(12-15(2)22(14)25)30-13-21(28)26-17-9-7-16(8-10-17)23-27-20-6-4-3-5-19(20)24(29)31-23/h3-12H,13H2,1-2H3,(H,26,28). The van der Waals surface area contributed by atoms with Gasteiger partial charge in [0, 0.05) is 16.3 Å². The summed E-state index contributed by atoms with van der Waals surface area (Å²) in [7, 11) is 0. The van der Waals surface area contributed by atoms with Gasteiger partial charge in [0.2, 0.25) is 5.89 Å². The number of hydrogen-bond donors (Lipinski definition) is 1. The number of nitrogens with one attached hydrogen (secondary N) is 1. The third-order valence-corrected chi connectivity index (χ3v) is 5.33. The van der Waals surface area contributed by atoms with Gasteiger partial charge in [0.25, 0.3) is 5.91 Å². The Morgan fingerprint density at radius 3 is 2.45 bits per heavy atom. The number of halogens is 1. The lowest BCUT2D eigenvalue weighted by molar-refractivity contribution is -0.118. The highest BCUT2D eigenvalue weighted by atomic mass is 35.5. The van der Waals surface area contributed by atoms with Gasteiger partial charge >= 0.3 is 5.63 Å². The van der Waals surface area contributed by atoms with Crippen molar-refractivity contribution in [3.05, 3.63) is 87.2 Å². The van der Waals surface area contributed by atoms with E-state index < -0.39 is 5.63 Å². The Morgan fingerprint density at radius 2 is 1.74 bits per heavy atom. The third-order valence-electron chi connectivity index (χ3n) is 4.73. The van der Waals surface area contributed by atoms with Crippen LogP contribution in [0.4, 0.5) is 5.69 Å². The van der Waals surface area contributed by atoms with Crippen molar-refractivity contribution in [3.63, 3.8) is 0 Å². The molecule has 0 aliphatic heterocycles. The first-order valence-corrected chi connectivity index (χ1v) is 9.98. The van der Waals surface area contributed by atoms with E-state index in [9.17, 15) is 9.59 Å². The Labute approximate surface area is 183 Å². The van der Waals surface area contributed by atoms with Crippen LogP contribution >= 0.6 is 11.6 Å². The Hall–Kier alpha value is -3.64. The van der Waals surface area contributed by atoms with Crippen LogP contribution in [0, 0.1) is 13.8 Å². The maximum atomic E-state index is 12.2. The van der Waals surface area contributed by atoms with Crippen molar-refractivity contribution in [1.82, 2.24) is 4.98 Å². The monoisotopic (exact) mass is 434 g/mol. The van der Waals surface area contributed by atoms with Gasteiger partial charge in [-0.15, -0.1) is 0 Å². The lowest BCUT2D eigenvalue weighted by Gasteiger charge is -2.10. The van der Waals surface area contributed by atoms with Crippen molar-refractivity contribution in [2.75, 3.05) is 11.9 Å². The number of anilines is 1. The van der Waals surface area contributed by atoms with E-state index in [4.69, 9.17) is 20.8 Å². The number of carbonyl (C=O) groups is 1. The molecule has 7 heteroatoms. The van der Waals surface area contributed by atoms with Crippen LogP contribution in [0.5, 0.6) is 5.75 Å². The zero-order chi connectivity index (χ0) is 22.0. The predicted octanol–water partition coefficient (Wildman–Crippen LogP) is 5.14. The van der Waals surface area contributed by atoms with Crippen LogP contribution < -0.4 is 15.7 Å². The van der Waals surface area contributed by atoms with E-state index in [0.717, 1.165) is 11.1 Å². The minimum atomic E-state index is -0.442. The molecule has 0 aliphatic rings. The van der Waals surface area contributed by atoms with E-state index in [0.29, 0.717) is 32.9 Å². The Balaban J connectivity index is 1.43. The van der Waals surface area contributed by atoms with Gasteiger partial charge in [0.05, 0.1) is 10.9 Å². The summed E-state index contributed by atoms with van der Waals surface area (Å²) in [5.74, 6) is 0.508. The Kier molecular flexibility index (Phi) is 5.73. The van der Waals surface area contributed by atoms with Gasteiger partial charge in [-0.2, -0.15) is 0 Å². The van der Waals surface area contributed by atoms with Gasteiger partial charge in [-0.3, -0.25) is 4.79 Å². The maximum Gasteiger partial charge on any atom is 0.347 e. The van der Waals surface area contributed by atoms with Gasteiger partial charge in [-0.1, -0.05) is 23.7 Å². The summed E-state index contributed by atoms with van der Waals surface area (Å²) >= 11 is 6.15. The second-order valence-electron chi connectivity index (χ2n) is 7.11. The number of ether oxygens (including phenoxy) is 1. The largest absolute Gasteiger partial charge is 0.484 e. The Morgan fingerprint density at radius 1 is 1.06 bits per heavy atom. The summed E-state index contributed by atoms with van der Waals surface area (Å²) in [6.07, 6.45) is 0. The SMILES string of the molecule is Cc1cc(OCC(=O)Nc2ccc(-c3nc4ccccc4c(=O)o3)cc2)cc(C)c1Cl. The van der Waals surface area contributed by atoms with Crippen LogP contribution in [0.2, 0.25) is 5.02 Å². The quantitative estimate of drug-likeness (QED) is 0.470. The van der Waals surface area contributed by atoms with Crippen LogP contribution in [-0.4, -0.2) is 17.5 Å². The highest BCUT2D eigenvalue weighted by Gasteiger charge is 2.10. The van der Waals surface area contributed by atoms with Crippen molar-refractivity contribution >= 4 is 34.1 Å². The van der Waals surface area contributed by atoms with Gasteiger partial charge in [0.1, 0.15) is 5.75 Å². The number of aromatic nitrogens is 1. The maximum absolute atomic E-state index is 12.2. The molecule has 156 valence electrons. The molecule has 1 N–H and O–H groups in total. The average Bonchev–Trinajstić information content (AvgIpc) is 2.76. The molecule has 0 saturated heterocycles. The summed E-state index contributed by atoms with van der Waals surface area (Å²) in [5, 5.41) is 3.89. The van der Waals surface area contributed by atoms with E-state index >= 15 is 0 Å². The van der Waals surface area contributed by atoms with Crippen molar-refractivity contribution in [2.45, 2.75) is 13.8 Å². The van der Waals surface area contributed by atoms with Gasteiger partial charge in [-0.05, 0) is 73.5 Å². The van der Waals surface area contributed by atoms with Crippen LogP contribution in [0.25, 0.3) is 22.4 Å². The molecule has 0 saturated carbocycles. The van der Waals surface area contributed by atoms with Crippen LogP contribution in [-0.2, 0) is 4.79 Å². The Bertz CT molecular complexity index is 1310. The van der Waals surface area contributed by atoms with Gasteiger partial charge < -0.3 is 14.5 Å². The van der Waals surface area contributed by atoms with E-state index in [1.165, 1.54) is 0 Å². The number of fused-ring (bicyclic) bond motifs is 1. The fraction of sp³-hybridized carbons (Fsp3) is 0.125. The van der Waals surface area contributed by atoms with Crippen molar-refractivity contribution in [2.24, 2.45) is 0 Å². The molecule has 0 spiro atoms. The molecule has 31 heavy (non-hydrogen) atoms. The second-order valence-corrected chi connectivity index (χ2v) is 7.49. The molecule has 0 bridgehead atoms. The van der Waals surface area contributed by atoms with E-state index in [1.54, 1.807) is 54.6 Å². The van der Waals surface area contributed by atoms with Crippen LogP contribution in [0.3, 0.4) is 0 Å². The molecule has 1 heterocycles. The van der Waals surface area contributed by atoms with Crippen molar-refractivity contribution in [1.29, 1.82) is 0 Å². The number of aryl methyl sites for hydroxylation is 2. The molecule has 0 atom stereocenters. The number of carbonyl (C=O) groups excluding carboxylic acids is 1. The molecule has 4 rings (SSSR count). The highest BCUT2D eigenvalue weighted by Crippen LogP contribution is 2.26. The number of hydrogen-bond acceptors (Lipinski definition) is 5. The molecule has 0 radical (unpaired) electrons. The second kappa shape index (κ2) is 8.62. The molecule has 4 aromatic rings. The molecule has 1 amide bonds. The first-order valence-electron chi connectivity index (χ1n) is 9.60. The molecule has 0 aliphatic carbocycles. The van der Waals surface area contributed by atoms with Crippen molar-refractivity contribution < 1.29 is 13.9 Å². The molecule has 0 unspecified atom stereocenters. The fourth-order valence-electron chi connectivity index (χ4n) is 3.17. The van der Waals surface area contributed by atoms with E-state index in [2.05, 4.69) is 10.3 Å². The fourth-order valence-corrected chi connectivity index (χ4v) is 3.28. The van der Waals surface area contributed by atoms with Gasteiger partial charge in [0.15, 0.2) is 6.61 Å². The smallest absolute Gasteiger partial charge is 0.347 e. The lowest BCUT2D eigenvalue weighted by atomic mass is 10.1. The predicted molar refractivity (Wildman–Crippen MR) is 121 cm³/mol. The number of para-hydroxylation sites is 1. The number of rotatable bonds is 5. The lowest BCUT2D eigenvalue weighted by Crippen LogP contribution is -2.20. The molecule has 3 aromatic carbocycles. The molecule has 0 fully saturated rings. The summed E-state index contributed by atoms with van der Waals surface area (Å²) in [6, 6.07) is 17.5. The third kappa shape index (κ3) is 4.59. The molecule has 6 nitrogen and oxygen atoms in total. The minimum absolute atomic E-state index is 0.136. The van der Waals surface area contributed by atoms with Crippen molar-refractivity contribution in [3.8, 4) is 17.2 Å². The summed E-state index contributed by atoms with van der Waals surface area (Å²) < 4.78 is 10.9. The average molecular weight is 435 g/mol. The van der Waals surface area contributed by atoms with Gasteiger partial charge in [-0.25, -0.2) is 9.78 Å². The zero-order valence-electron chi connectivity index (χ0n) is 16.9.